The molecule has 0 unspecified atom stereocenters. The van der Waals surface area contributed by atoms with Crippen LogP contribution >= 0.6 is 11.3 Å². The van der Waals surface area contributed by atoms with Gasteiger partial charge in [-0.2, -0.15) is 0 Å². The monoisotopic (exact) mass is 662 g/mol. The Hall–Kier alpha value is -4.31. The highest BCUT2D eigenvalue weighted by Crippen LogP contribution is 2.44. The first-order valence-electron chi connectivity index (χ1n) is 14.5. The number of fused-ring (bicyclic) bond motifs is 1. The maximum Gasteiger partial charge on any atom is 0.338 e. The van der Waals surface area contributed by atoms with Crippen LogP contribution in [-0.4, -0.2) is 94.4 Å². The number of amides is 3. The standard InChI is InChI=1S/C30H33F3N6O6S/c1-5-45-26(41)20-19(36-23(24-34-9-10-46-24)37-21(20)16-7-6-8-18(31)15(16)2)12-38-14-30(32,33)17-11-39(25(40)22(17)38)28(44)35-13-29(3,4)27(42)43/h6-10,17,21-22H,5,11-14H2,1-4H3,(H,35,44)(H,36,37)(H,42,43)/t17-,21+,22-/m1/s1. The minimum atomic E-state index is -3.39. The van der Waals surface area contributed by atoms with Crippen LogP contribution in [0.25, 0.3) is 0 Å². The third kappa shape index (κ3) is 6.10. The van der Waals surface area contributed by atoms with Crippen molar-refractivity contribution in [1.29, 1.82) is 0 Å². The fourth-order valence-electron chi connectivity index (χ4n) is 5.75. The van der Waals surface area contributed by atoms with Gasteiger partial charge >= 0.3 is 18.0 Å². The lowest BCUT2D eigenvalue weighted by atomic mass is 9.92. The minimum absolute atomic E-state index is 0.0127. The van der Waals surface area contributed by atoms with Crippen molar-refractivity contribution < 1.29 is 42.2 Å². The Morgan fingerprint density at radius 1 is 1.28 bits per heavy atom. The first kappa shape index (κ1) is 33.1. The van der Waals surface area contributed by atoms with Crippen LogP contribution in [0.1, 0.15) is 42.9 Å². The molecule has 0 saturated carbocycles. The number of thiazole rings is 1. The van der Waals surface area contributed by atoms with Gasteiger partial charge in [0.05, 0.1) is 30.1 Å². The number of halogens is 3. The van der Waals surface area contributed by atoms with Gasteiger partial charge in [-0.3, -0.25) is 24.4 Å². The van der Waals surface area contributed by atoms with E-state index in [1.54, 1.807) is 18.4 Å². The van der Waals surface area contributed by atoms with Crippen LogP contribution in [0.5, 0.6) is 0 Å². The quantitative estimate of drug-likeness (QED) is 0.344. The van der Waals surface area contributed by atoms with Gasteiger partial charge < -0.3 is 20.5 Å². The number of urea groups is 1. The zero-order valence-corrected chi connectivity index (χ0v) is 26.3. The van der Waals surface area contributed by atoms with Crippen molar-refractivity contribution >= 4 is 41.0 Å². The number of rotatable bonds is 9. The number of aliphatic imine (C=N–C) groups is 1. The van der Waals surface area contributed by atoms with E-state index in [2.05, 4.69) is 15.6 Å². The SMILES string of the molecule is CCOC(=O)C1=C(CN2CC(F)(F)[C@@H]3CN(C(=O)NCC(C)(C)C(=O)O)C(=O)[C@@H]32)NC(c2nccs2)=N[C@H]1c1cccc(F)c1C. The fourth-order valence-corrected chi connectivity index (χ4v) is 6.34. The number of carboxylic acids is 1. The average Bonchev–Trinajstić information content (AvgIpc) is 3.71. The summed E-state index contributed by atoms with van der Waals surface area (Å²) in [6.45, 7) is 3.74. The lowest BCUT2D eigenvalue weighted by molar-refractivity contribution is -0.146. The number of carboxylic acid groups (broad SMARTS) is 1. The summed E-state index contributed by atoms with van der Waals surface area (Å²) in [5.74, 6) is -8.13. The Kier molecular flexibility index (Phi) is 8.96. The van der Waals surface area contributed by atoms with E-state index < -0.39 is 72.1 Å². The fraction of sp³-hybridized carbons (Fsp3) is 0.467. The number of ether oxygens (including phenoxy) is 1. The number of likely N-dealkylation sites (tertiary alicyclic amines) is 2. The molecule has 0 aliphatic carbocycles. The van der Waals surface area contributed by atoms with Crippen LogP contribution in [0.3, 0.4) is 0 Å². The molecule has 3 aliphatic rings. The van der Waals surface area contributed by atoms with Crippen LogP contribution in [0.15, 0.2) is 46.0 Å². The number of nitrogens with one attached hydrogen (secondary N) is 2. The smallest absolute Gasteiger partial charge is 0.338 e. The normalized spacial score (nSPS) is 22.8. The van der Waals surface area contributed by atoms with Crippen molar-refractivity contribution in [3.8, 4) is 0 Å². The van der Waals surface area contributed by atoms with E-state index in [-0.39, 0.29) is 42.4 Å². The van der Waals surface area contributed by atoms with E-state index in [0.29, 0.717) is 15.5 Å². The molecule has 5 rings (SSSR count). The van der Waals surface area contributed by atoms with Crippen LogP contribution in [0, 0.1) is 24.1 Å². The Balaban J connectivity index is 1.51. The van der Waals surface area contributed by atoms with Crippen LogP contribution in [0.4, 0.5) is 18.0 Å². The average molecular weight is 663 g/mol. The molecule has 246 valence electrons. The molecule has 1 aromatic carbocycles. The number of aromatic nitrogens is 1. The largest absolute Gasteiger partial charge is 0.481 e. The third-order valence-corrected chi connectivity index (χ3v) is 9.14. The van der Waals surface area contributed by atoms with E-state index in [0.717, 1.165) is 0 Å². The molecule has 4 heterocycles. The highest BCUT2D eigenvalue weighted by Gasteiger charge is 2.63. The molecule has 0 radical (unpaired) electrons. The number of hydrogen-bond acceptors (Lipinski definition) is 10. The van der Waals surface area contributed by atoms with E-state index in [9.17, 15) is 28.7 Å². The van der Waals surface area contributed by atoms with E-state index in [1.165, 1.54) is 55.3 Å². The van der Waals surface area contributed by atoms with Crippen LogP contribution in [0.2, 0.25) is 0 Å². The first-order chi connectivity index (χ1) is 21.7. The maximum absolute atomic E-state index is 15.5. The van der Waals surface area contributed by atoms with Gasteiger partial charge in [-0.1, -0.05) is 12.1 Å². The van der Waals surface area contributed by atoms with Crippen molar-refractivity contribution in [2.24, 2.45) is 16.3 Å². The van der Waals surface area contributed by atoms with Gasteiger partial charge in [-0.15, -0.1) is 11.3 Å². The summed E-state index contributed by atoms with van der Waals surface area (Å²) in [6.07, 6.45) is 1.54. The predicted octanol–water partition coefficient (Wildman–Crippen LogP) is 3.10. The van der Waals surface area contributed by atoms with Crippen molar-refractivity contribution in [3.05, 3.63) is 63.0 Å². The van der Waals surface area contributed by atoms with E-state index in [4.69, 9.17) is 9.73 Å². The number of carbonyl (C=O) groups is 4. The molecule has 2 fully saturated rings. The molecule has 1 aromatic heterocycles. The van der Waals surface area contributed by atoms with Crippen molar-refractivity contribution in [3.63, 3.8) is 0 Å². The molecule has 46 heavy (non-hydrogen) atoms. The van der Waals surface area contributed by atoms with Gasteiger partial charge in [0.2, 0.25) is 5.91 Å². The predicted molar refractivity (Wildman–Crippen MR) is 160 cm³/mol. The zero-order valence-electron chi connectivity index (χ0n) is 25.5. The summed E-state index contributed by atoms with van der Waals surface area (Å²) in [5, 5.41) is 16.9. The highest BCUT2D eigenvalue weighted by molar-refractivity contribution is 7.11. The molecular weight excluding hydrogens is 629 g/mol. The van der Waals surface area contributed by atoms with Gasteiger partial charge in [0.1, 0.15) is 17.9 Å². The zero-order chi connectivity index (χ0) is 33.6. The molecule has 12 nitrogen and oxygen atoms in total. The molecular formula is C30H33F3N6O6S. The topological polar surface area (TPSA) is 154 Å². The highest BCUT2D eigenvalue weighted by atomic mass is 32.1. The number of aliphatic carboxylic acids is 1. The molecule has 3 N–H and O–H groups in total. The summed E-state index contributed by atoms with van der Waals surface area (Å²) in [6, 6.07) is 0.845. The number of nitrogens with zero attached hydrogens (tertiary/aromatic N) is 4. The van der Waals surface area contributed by atoms with Crippen LogP contribution in [-0.2, 0) is 19.1 Å². The number of benzene rings is 1. The molecule has 3 atom stereocenters. The van der Waals surface area contributed by atoms with Gasteiger partial charge in [-0.05, 0) is 44.9 Å². The maximum atomic E-state index is 15.5. The second kappa shape index (κ2) is 12.5. The lowest BCUT2D eigenvalue weighted by Gasteiger charge is -2.31. The van der Waals surface area contributed by atoms with Crippen molar-refractivity contribution in [2.45, 2.75) is 45.7 Å². The summed E-state index contributed by atoms with van der Waals surface area (Å²) in [5.41, 5.74) is -0.713. The number of carbonyl (C=O) groups excluding carboxylic acids is 3. The van der Waals surface area contributed by atoms with Gasteiger partial charge in [-0.25, -0.2) is 27.7 Å². The first-order valence-corrected chi connectivity index (χ1v) is 15.4. The second-order valence-corrected chi connectivity index (χ2v) is 12.8. The molecule has 16 heteroatoms. The Morgan fingerprint density at radius 3 is 2.67 bits per heavy atom. The number of amidine groups is 1. The van der Waals surface area contributed by atoms with Gasteiger partial charge in [0.15, 0.2) is 10.8 Å². The molecule has 3 aliphatic heterocycles. The Bertz CT molecular complexity index is 1630. The number of hydrogen-bond donors (Lipinski definition) is 3. The third-order valence-electron chi connectivity index (χ3n) is 8.36. The Labute approximate surface area is 266 Å². The number of imide groups is 1. The summed E-state index contributed by atoms with van der Waals surface area (Å²) >= 11 is 1.23. The summed E-state index contributed by atoms with van der Waals surface area (Å²) in [7, 11) is 0. The van der Waals surface area contributed by atoms with Crippen LogP contribution < -0.4 is 10.6 Å². The van der Waals surface area contributed by atoms with Crippen molar-refractivity contribution in [2.75, 3.05) is 32.8 Å². The van der Waals surface area contributed by atoms with E-state index in [1.807, 2.05) is 0 Å². The molecule has 2 aromatic rings. The summed E-state index contributed by atoms with van der Waals surface area (Å²) in [4.78, 5) is 62.2. The van der Waals surface area contributed by atoms with Crippen molar-refractivity contribution in [1.82, 2.24) is 25.4 Å². The van der Waals surface area contributed by atoms with Gasteiger partial charge in [0.25, 0.3) is 5.92 Å². The van der Waals surface area contributed by atoms with E-state index >= 15 is 8.78 Å². The summed E-state index contributed by atoms with van der Waals surface area (Å²) < 4.78 is 51.0. The lowest BCUT2D eigenvalue weighted by Crippen LogP contribution is -2.50. The Morgan fingerprint density at radius 2 is 2.02 bits per heavy atom. The molecule has 2 saturated heterocycles. The molecule has 3 amide bonds. The number of alkyl halides is 2. The molecule has 0 spiro atoms. The molecule has 0 bridgehead atoms. The number of esters is 1. The second-order valence-electron chi connectivity index (χ2n) is 11.9. The minimum Gasteiger partial charge on any atom is -0.481 e. The van der Waals surface area contributed by atoms with Gasteiger partial charge in [0, 0.05) is 36.9 Å².